The third-order valence-electron chi connectivity index (χ3n) is 9.07. The molecule has 0 amide bonds. The fourth-order valence-electron chi connectivity index (χ4n) is 5.83. The molecular weight excluding hydrogens is 773 g/mol. The standard InChI is InChI=1S/C25H31N7O4.C16H19N5O3/c1-3-4-12-35-24-30-22(26)21-23(31-24)32(25(33)29-21)16-18-7-10-20(28-15-18)36-19-8-5-17(6-9-19)14-27-11-13-34-2;1-10-3-5-11(6-4-10)9-21-14-12(18-16(21)22)13(17)19-15(20-14)24-8-7-23-2/h5-10,15,27H,3-4,11-14,16H2,1-2H3,(H,29,33)(H2,26,30,31);3-6H,7-9H2,1-2H3,(H,18,22)(H2,17,19,20). The fraction of sp³-hybridized carbons (Fsp3) is 0.341. The first-order valence-electron chi connectivity index (χ1n) is 19.4. The zero-order valence-electron chi connectivity index (χ0n) is 34.1. The van der Waals surface area contributed by atoms with E-state index in [2.05, 4.69) is 47.1 Å². The van der Waals surface area contributed by atoms with Gasteiger partial charge in [-0.1, -0.05) is 61.4 Å². The molecule has 0 saturated heterocycles. The van der Waals surface area contributed by atoms with Crippen LogP contribution in [0.1, 0.15) is 42.0 Å². The first-order chi connectivity index (χ1) is 29.1. The lowest BCUT2D eigenvalue weighted by atomic mass is 10.1. The van der Waals surface area contributed by atoms with Crippen LogP contribution in [0, 0.1) is 6.92 Å². The van der Waals surface area contributed by atoms with Crippen molar-refractivity contribution in [2.24, 2.45) is 0 Å². The average molecular weight is 823 g/mol. The van der Waals surface area contributed by atoms with Crippen LogP contribution in [0.5, 0.6) is 23.7 Å². The Morgan fingerprint density at radius 2 is 1.25 bits per heavy atom. The summed E-state index contributed by atoms with van der Waals surface area (Å²) in [5.41, 5.74) is 17.0. The molecule has 19 heteroatoms. The number of methoxy groups -OCH3 is 2. The van der Waals surface area contributed by atoms with Crippen LogP contribution in [-0.4, -0.2) is 91.2 Å². The van der Waals surface area contributed by atoms with Gasteiger partial charge in [0.2, 0.25) is 5.88 Å². The van der Waals surface area contributed by atoms with Crippen molar-refractivity contribution in [1.82, 2.24) is 49.3 Å². The third-order valence-corrected chi connectivity index (χ3v) is 9.07. The monoisotopic (exact) mass is 822 g/mol. The molecule has 7 aromatic rings. The van der Waals surface area contributed by atoms with Gasteiger partial charge in [0.1, 0.15) is 23.4 Å². The van der Waals surface area contributed by atoms with Gasteiger partial charge in [0.25, 0.3) is 0 Å². The number of nitrogens with zero attached hydrogens (tertiary/aromatic N) is 7. The second-order valence-corrected chi connectivity index (χ2v) is 13.7. The minimum absolute atomic E-state index is 0.119. The molecule has 0 spiro atoms. The molecule has 316 valence electrons. The van der Waals surface area contributed by atoms with E-state index in [0.717, 1.165) is 48.2 Å². The third kappa shape index (κ3) is 11.2. The van der Waals surface area contributed by atoms with E-state index in [1.807, 2.05) is 61.5 Å². The van der Waals surface area contributed by atoms with E-state index in [1.54, 1.807) is 26.5 Å². The van der Waals surface area contributed by atoms with Gasteiger partial charge in [0.05, 0.1) is 32.9 Å². The van der Waals surface area contributed by atoms with Crippen molar-refractivity contribution in [1.29, 1.82) is 0 Å². The first-order valence-corrected chi connectivity index (χ1v) is 19.4. The molecule has 0 aliphatic carbocycles. The molecule has 0 aliphatic rings. The van der Waals surface area contributed by atoms with Crippen molar-refractivity contribution in [2.75, 3.05) is 58.7 Å². The van der Waals surface area contributed by atoms with E-state index in [-0.39, 0.29) is 41.6 Å². The topological polar surface area (TPSA) is 250 Å². The maximum absolute atomic E-state index is 12.6. The minimum atomic E-state index is -0.339. The summed E-state index contributed by atoms with van der Waals surface area (Å²) in [4.78, 5) is 51.5. The second kappa shape index (κ2) is 20.7. The predicted octanol–water partition coefficient (Wildman–Crippen LogP) is 3.94. The average Bonchev–Trinajstić information content (AvgIpc) is 3.73. The SMILES string of the molecule is CCCCOc1nc(N)c2[nH]c(=O)n(Cc3ccc(Oc4ccc(CNCCOC)cc4)nc3)c2n1.COCCOc1nc(N)c2[nH]c(=O)n(Cc3ccc(C)cc3)c2n1. The van der Waals surface area contributed by atoms with Crippen molar-refractivity contribution in [2.45, 2.75) is 46.3 Å². The number of imidazole rings is 2. The van der Waals surface area contributed by atoms with Gasteiger partial charge in [-0.05, 0) is 42.2 Å². The van der Waals surface area contributed by atoms with Crippen LogP contribution in [0.3, 0.4) is 0 Å². The Balaban J connectivity index is 0.000000218. The highest BCUT2D eigenvalue weighted by molar-refractivity contribution is 5.82. The zero-order valence-corrected chi connectivity index (χ0v) is 34.1. The smallest absolute Gasteiger partial charge is 0.328 e. The highest BCUT2D eigenvalue weighted by atomic mass is 16.5. The quantitative estimate of drug-likeness (QED) is 0.0725. The highest BCUT2D eigenvalue weighted by Gasteiger charge is 2.17. The van der Waals surface area contributed by atoms with Crippen molar-refractivity contribution >= 4 is 34.0 Å². The number of aryl methyl sites for hydroxylation is 1. The summed E-state index contributed by atoms with van der Waals surface area (Å²) in [6.45, 7) is 8.13. The number of nitrogens with one attached hydrogen (secondary N) is 3. The van der Waals surface area contributed by atoms with Crippen molar-refractivity contribution in [3.05, 3.63) is 110 Å². The van der Waals surface area contributed by atoms with E-state index in [4.69, 9.17) is 35.2 Å². The van der Waals surface area contributed by atoms with Crippen molar-refractivity contribution in [3.63, 3.8) is 0 Å². The summed E-state index contributed by atoms with van der Waals surface area (Å²) < 4.78 is 29.8. The molecule has 60 heavy (non-hydrogen) atoms. The van der Waals surface area contributed by atoms with Crippen LogP contribution < -0.4 is 42.4 Å². The van der Waals surface area contributed by atoms with Crippen LogP contribution in [0.2, 0.25) is 0 Å². The fourth-order valence-corrected chi connectivity index (χ4v) is 5.83. The number of fused-ring (bicyclic) bond motifs is 2. The number of pyridine rings is 1. The van der Waals surface area contributed by atoms with Crippen molar-refractivity contribution in [3.8, 4) is 23.7 Å². The number of H-pyrrole nitrogens is 2. The van der Waals surface area contributed by atoms with Gasteiger partial charge in [0, 0.05) is 39.6 Å². The molecule has 0 unspecified atom stereocenters. The Morgan fingerprint density at radius 1 is 0.683 bits per heavy atom. The van der Waals surface area contributed by atoms with Gasteiger partial charge < -0.3 is 50.4 Å². The lowest BCUT2D eigenvalue weighted by Gasteiger charge is -2.09. The lowest BCUT2D eigenvalue weighted by Crippen LogP contribution is -2.18. The molecule has 0 aliphatic heterocycles. The number of ether oxygens (including phenoxy) is 5. The van der Waals surface area contributed by atoms with Crippen molar-refractivity contribution < 1.29 is 23.7 Å². The number of unbranched alkanes of at least 4 members (excludes halogenated alkanes) is 1. The number of hydrogen-bond acceptors (Lipinski definition) is 15. The maximum atomic E-state index is 12.6. The molecule has 7 N–H and O–H groups in total. The van der Waals surface area contributed by atoms with Crippen LogP contribution in [0.15, 0.2) is 76.4 Å². The van der Waals surface area contributed by atoms with Gasteiger partial charge in [-0.15, -0.1) is 0 Å². The maximum Gasteiger partial charge on any atom is 0.328 e. The van der Waals surface area contributed by atoms with E-state index in [9.17, 15) is 9.59 Å². The largest absolute Gasteiger partial charge is 0.463 e. The second-order valence-electron chi connectivity index (χ2n) is 13.7. The Bertz CT molecular complexity index is 2570. The molecule has 0 fully saturated rings. The van der Waals surface area contributed by atoms with Crippen LogP contribution in [0.4, 0.5) is 11.6 Å². The summed E-state index contributed by atoms with van der Waals surface area (Å²) in [5, 5.41) is 3.30. The number of benzene rings is 2. The van der Waals surface area contributed by atoms with E-state index in [0.29, 0.717) is 66.9 Å². The Morgan fingerprint density at radius 3 is 1.82 bits per heavy atom. The zero-order chi connectivity index (χ0) is 42.4. The molecule has 0 bridgehead atoms. The van der Waals surface area contributed by atoms with Crippen LogP contribution >= 0.6 is 0 Å². The molecule has 19 nitrogen and oxygen atoms in total. The molecule has 2 aromatic carbocycles. The normalized spacial score (nSPS) is 11.1. The number of nitrogens with two attached hydrogens (primary N) is 2. The number of aromatic nitrogens is 9. The first kappa shape index (κ1) is 42.8. The van der Waals surface area contributed by atoms with E-state index >= 15 is 0 Å². The highest BCUT2D eigenvalue weighted by Crippen LogP contribution is 2.22. The van der Waals surface area contributed by atoms with Crippen LogP contribution in [0.25, 0.3) is 22.3 Å². The Labute approximate surface area is 345 Å². The summed E-state index contributed by atoms with van der Waals surface area (Å²) in [6, 6.07) is 19.6. The molecule has 5 heterocycles. The molecular formula is C41H50N12O7. The molecule has 0 radical (unpaired) electrons. The predicted molar refractivity (Wildman–Crippen MR) is 227 cm³/mol. The Kier molecular flexibility index (Phi) is 14.8. The van der Waals surface area contributed by atoms with Gasteiger partial charge in [-0.2, -0.15) is 19.9 Å². The molecule has 5 aromatic heterocycles. The van der Waals surface area contributed by atoms with Gasteiger partial charge in [0.15, 0.2) is 22.9 Å². The van der Waals surface area contributed by atoms with Gasteiger partial charge in [-0.25, -0.2) is 14.6 Å². The number of aromatic amines is 2. The lowest BCUT2D eigenvalue weighted by molar-refractivity contribution is 0.141. The summed E-state index contributed by atoms with van der Waals surface area (Å²) >= 11 is 0. The number of nitrogen functional groups attached to an aromatic ring is 2. The summed E-state index contributed by atoms with van der Waals surface area (Å²) in [5.74, 6) is 1.48. The van der Waals surface area contributed by atoms with Crippen LogP contribution in [-0.2, 0) is 29.1 Å². The van der Waals surface area contributed by atoms with E-state index < -0.39 is 0 Å². The number of hydrogen-bond donors (Lipinski definition) is 5. The number of rotatable bonds is 19. The molecule has 7 rings (SSSR count). The molecule has 0 saturated carbocycles. The Hall–Kier alpha value is -6.83. The van der Waals surface area contributed by atoms with Gasteiger partial charge in [-0.3, -0.25) is 9.13 Å². The summed E-state index contributed by atoms with van der Waals surface area (Å²) in [7, 11) is 3.26. The number of anilines is 2. The molecule has 0 atom stereocenters. The van der Waals surface area contributed by atoms with E-state index in [1.165, 1.54) is 9.13 Å². The van der Waals surface area contributed by atoms with Gasteiger partial charge >= 0.3 is 23.4 Å². The minimum Gasteiger partial charge on any atom is -0.463 e. The summed E-state index contributed by atoms with van der Waals surface area (Å²) in [6.07, 6.45) is 3.52.